The molecule has 2 fully saturated rings. The summed E-state index contributed by atoms with van der Waals surface area (Å²) >= 11 is 0. The number of rotatable bonds is 2. The summed E-state index contributed by atoms with van der Waals surface area (Å²) in [5, 5.41) is 3.67. The molecule has 0 radical (unpaired) electrons. The van der Waals surface area contributed by atoms with Crippen molar-refractivity contribution in [2.45, 2.75) is 51.6 Å². The predicted octanol–water partition coefficient (Wildman–Crippen LogP) is 2.17. The lowest BCUT2D eigenvalue weighted by molar-refractivity contribution is 0.332. The van der Waals surface area contributed by atoms with Crippen LogP contribution >= 0.6 is 0 Å². The van der Waals surface area contributed by atoms with Gasteiger partial charge >= 0.3 is 0 Å². The fraction of sp³-hybridized carbons (Fsp3) is 1.00. The Bertz CT molecular complexity index is 142. The van der Waals surface area contributed by atoms with Gasteiger partial charge < -0.3 is 5.32 Å². The van der Waals surface area contributed by atoms with Gasteiger partial charge in [-0.3, -0.25) is 0 Å². The minimum absolute atomic E-state index is 0.680. The number of nitrogens with one attached hydrogen (secondary N) is 1. The molecule has 0 unspecified atom stereocenters. The Balaban J connectivity index is 1.87. The lowest BCUT2D eigenvalue weighted by Gasteiger charge is -2.24. The minimum Gasteiger partial charge on any atom is -0.311 e. The maximum Gasteiger partial charge on any atom is 0.0100 e. The molecule has 2 aliphatic rings. The highest BCUT2D eigenvalue weighted by Crippen LogP contribution is 2.44. The molecule has 1 nitrogen and oxygen atoms in total. The van der Waals surface area contributed by atoms with Crippen molar-refractivity contribution >= 4 is 0 Å². The van der Waals surface area contributed by atoms with E-state index in [2.05, 4.69) is 19.2 Å². The first-order valence-electron chi connectivity index (χ1n) is 5.01. The summed E-state index contributed by atoms with van der Waals surface area (Å²) in [5.41, 5.74) is 0. The maximum atomic E-state index is 3.67. The Hall–Kier alpha value is -0.0400. The van der Waals surface area contributed by atoms with Gasteiger partial charge in [0, 0.05) is 12.1 Å². The first-order valence-corrected chi connectivity index (χ1v) is 5.01. The van der Waals surface area contributed by atoms with Crippen molar-refractivity contribution in [3.8, 4) is 0 Å². The second-order valence-corrected chi connectivity index (χ2v) is 4.60. The largest absolute Gasteiger partial charge is 0.311 e. The first-order chi connectivity index (χ1) is 5.25. The van der Waals surface area contributed by atoms with E-state index in [-0.39, 0.29) is 0 Å². The van der Waals surface area contributed by atoms with E-state index in [1.807, 2.05) is 0 Å². The highest BCUT2D eigenvalue weighted by molar-refractivity contribution is 4.94. The summed E-state index contributed by atoms with van der Waals surface area (Å²) in [6, 6.07) is 1.55. The third kappa shape index (κ3) is 1.44. The number of hydrogen-bond acceptors (Lipinski definition) is 1. The second-order valence-electron chi connectivity index (χ2n) is 4.60. The monoisotopic (exact) mass is 153 g/mol. The van der Waals surface area contributed by atoms with Crippen LogP contribution in [0, 0.1) is 11.8 Å². The molecule has 0 amide bonds. The standard InChI is InChI=1S/C10H19N/c1-7(2)11-10-6-8-3-4-9(10)5-8/h7-11H,3-6H2,1-2H3/t8-,9+,10-/m1/s1. The van der Waals surface area contributed by atoms with Crippen LogP contribution in [0.3, 0.4) is 0 Å². The SMILES string of the molecule is CC(C)N[C@@H]1C[C@@H]2CC[C@H]1C2. The molecule has 1 heteroatoms. The van der Waals surface area contributed by atoms with Crippen molar-refractivity contribution in [2.75, 3.05) is 0 Å². The van der Waals surface area contributed by atoms with Gasteiger partial charge in [-0.1, -0.05) is 20.3 Å². The van der Waals surface area contributed by atoms with Gasteiger partial charge in [0.15, 0.2) is 0 Å². The van der Waals surface area contributed by atoms with Crippen molar-refractivity contribution in [1.29, 1.82) is 0 Å². The lowest BCUT2D eigenvalue weighted by Crippen LogP contribution is -2.38. The minimum atomic E-state index is 0.680. The fourth-order valence-corrected chi connectivity index (χ4v) is 2.88. The molecule has 2 rings (SSSR count). The van der Waals surface area contributed by atoms with Crippen molar-refractivity contribution in [3.63, 3.8) is 0 Å². The first kappa shape index (κ1) is 7.60. The van der Waals surface area contributed by atoms with Gasteiger partial charge in [0.05, 0.1) is 0 Å². The van der Waals surface area contributed by atoms with Crippen molar-refractivity contribution in [2.24, 2.45) is 11.8 Å². The van der Waals surface area contributed by atoms with Crippen LogP contribution in [0.4, 0.5) is 0 Å². The summed E-state index contributed by atoms with van der Waals surface area (Å²) in [6.07, 6.45) is 5.99. The Kier molecular flexibility index (Phi) is 1.92. The van der Waals surface area contributed by atoms with Crippen LogP contribution in [0.5, 0.6) is 0 Å². The van der Waals surface area contributed by atoms with Gasteiger partial charge in [0.1, 0.15) is 0 Å². The summed E-state index contributed by atoms with van der Waals surface area (Å²) in [5.74, 6) is 2.11. The summed E-state index contributed by atoms with van der Waals surface area (Å²) in [7, 11) is 0. The van der Waals surface area contributed by atoms with Gasteiger partial charge in [-0.05, 0) is 31.1 Å². The van der Waals surface area contributed by atoms with Crippen molar-refractivity contribution < 1.29 is 0 Å². The van der Waals surface area contributed by atoms with Crippen molar-refractivity contribution in [3.05, 3.63) is 0 Å². The second kappa shape index (κ2) is 2.78. The van der Waals surface area contributed by atoms with Gasteiger partial charge in [-0.15, -0.1) is 0 Å². The Labute approximate surface area is 69.6 Å². The van der Waals surface area contributed by atoms with E-state index in [9.17, 15) is 0 Å². The van der Waals surface area contributed by atoms with Crippen LogP contribution in [0.1, 0.15) is 39.5 Å². The molecule has 64 valence electrons. The highest BCUT2D eigenvalue weighted by atomic mass is 15.0. The Morgan fingerprint density at radius 2 is 2.00 bits per heavy atom. The number of fused-ring (bicyclic) bond motifs is 2. The third-order valence-electron chi connectivity index (χ3n) is 3.29. The Morgan fingerprint density at radius 3 is 2.45 bits per heavy atom. The van der Waals surface area contributed by atoms with Crippen LogP contribution < -0.4 is 5.32 Å². The summed E-state index contributed by atoms with van der Waals surface area (Å²) in [4.78, 5) is 0. The van der Waals surface area contributed by atoms with E-state index in [4.69, 9.17) is 0 Å². The summed E-state index contributed by atoms with van der Waals surface area (Å²) in [6.45, 7) is 4.51. The van der Waals surface area contributed by atoms with E-state index < -0.39 is 0 Å². The normalized spacial score (nSPS) is 42.3. The molecule has 1 N–H and O–H groups in total. The molecule has 0 aliphatic heterocycles. The van der Waals surface area contributed by atoms with Gasteiger partial charge in [-0.2, -0.15) is 0 Å². The summed E-state index contributed by atoms with van der Waals surface area (Å²) < 4.78 is 0. The highest BCUT2D eigenvalue weighted by Gasteiger charge is 2.39. The van der Waals surface area contributed by atoms with Gasteiger partial charge in [-0.25, -0.2) is 0 Å². The van der Waals surface area contributed by atoms with E-state index >= 15 is 0 Å². The zero-order valence-electron chi connectivity index (χ0n) is 7.64. The lowest BCUT2D eigenvalue weighted by atomic mass is 9.95. The molecule has 2 saturated carbocycles. The zero-order valence-corrected chi connectivity index (χ0v) is 7.64. The molecule has 2 bridgehead atoms. The van der Waals surface area contributed by atoms with Crippen LogP contribution in [-0.2, 0) is 0 Å². The average Bonchev–Trinajstić information content (AvgIpc) is 2.45. The van der Waals surface area contributed by atoms with Crippen LogP contribution in [-0.4, -0.2) is 12.1 Å². The molecule has 11 heavy (non-hydrogen) atoms. The van der Waals surface area contributed by atoms with Crippen molar-refractivity contribution in [1.82, 2.24) is 5.32 Å². The molecule has 0 aromatic carbocycles. The van der Waals surface area contributed by atoms with E-state index in [1.165, 1.54) is 25.7 Å². The predicted molar refractivity (Wildman–Crippen MR) is 47.5 cm³/mol. The average molecular weight is 153 g/mol. The molecule has 0 aromatic heterocycles. The zero-order chi connectivity index (χ0) is 7.84. The molecular weight excluding hydrogens is 134 g/mol. The molecule has 0 aromatic rings. The maximum absolute atomic E-state index is 3.67. The van der Waals surface area contributed by atoms with Gasteiger partial charge in [0.2, 0.25) is 0 Å². The number of hydrogen-bond donors (Lipinski definition) is 1. The van der Waals surface area contributed by atoms with Crippen LogP contribution in [0.15, 0.2) is 0 Å². The van der Waals surface area contributed by atoms with Gasteiger partial charge in [0.25, 0.3) is 0 Å². The topological polar surface area (TPSA) is 12.0 Å². The molecule has 0 spiro atoms. The Morgan fingerprint density at radius 1 is 1.18 bits per heavy atom. The molecular formula is C10H19N. The van der Waals surface area contributed by atoms with E-state index in [0.717, 1.165) is 17.9 Å². The van der Waals surface area contributed by atoms with Crippen LogP contribution in [0.25, 0.3) is 0 Å². The fourth-order valence-electron chi connectivity index (χ4n) is 2.88. The third-order valence-corrected chi connectivity index (χ3v) is 3.29. The molecule has 0 heterocycles. The van der Waals surface area contributed by atoms with E-state index in [0.29, 0.717) is 6.04 Å². The molecule has 0 saturated heterocycles. The van der Waals surface area contributed by atoms with Crippen LogP contribution in [0.2, 0.25) is 0 Å². The smallest absolute Gasteiger partial charge is 0.0100 e. The molecule has 3 atom stereocenters. The van der Waals surface area contributed by atoms with E-state index in [1.54, 1.807) is 0 Å². The molecule has 2 aliphatic carbocycles. The quantitative estimate of drug-likeness (QED) is 0.641.